The lowest BCUT2D eigenvalue weighted by Gasteiger charge is -2.27. The molecule has 1 N–H and O–H groups in total. The first-order valence-corrected chi connectivity index (χ1v) is 8.63. The Balaban J connectivity index is 2.17. The van der Waals surface area contributed by atoms with Gasteiger partial charge in [-0.05, 0) is 50.5 Å². The van der Waals surface area contributed by atoms with Crippen LogP contribution in [-0.4, -0.2) is 33.2 Å². The Morgan fingerprint density at radius 1 is 1.15 bits per heavy atom. The summed E-state index contributed by atoms with van der Waals surface area (Å²) in [4.78, 5) is 24.6. The van der Waals surface area contributed by atoms with Crippen molar-refractivity contribution in [1.29, 1.82) is 0 Å². The molecule has 0 heterocycles. The molecule has 2 rings (SSSR count). The Morgan fingerprint density at radius 3 is 2.44 bits per heavy atom. The van der Waals surface area contributed by atoms with E-state index in [1.165, 1.54) is 17.0 Å². The van der Waals surface area contributed by atoms with Gasteiger partial charge < -0.3 is 14.7 Å². The van der Waals surface area contributed by atoms with Crippen LogP contribution in [0.15, 0.2) is 48.5 Å². The predicted molar refractivity (Wildman–Crippen MR) is 102 cm³/mol. The summed E-state index contributed by atoms with van der Waals surface area (Å²) in [7, 11) is 0. The molecule has 0 aliphatic rings. The molecule has 0 radical (unpaired) electrons. The molecular formula is C20H24N2O5. The number of benzene rings is 2. The molecule has 0 bridgehead atoms. The number of amides is 1. The normalized spacial score (nSPS) is 11.1. The van der Waals surface area contributed by atoms with Crippen molar-refractivity contribution in [3.8, 4) is 5.75 Å². The van der Waals surface area contributed by atoms with Gasteiger partial charge in [0, 0.05) is 25.2 Å². The number of hydrogen-bond acceptors (Lipinski definition) is 5. The topological polar surface area (TPSA) is 92.9 Å². The number of carbonyl (C=O) groups excluding carboxylic acids is 1. The van der Waals surface area contributed by atoms with E-state index in [0.29, 0.717) is 18.5 Å². The highest BCUT2D eigenvalue weighted by Crippen LogP contribution is 2.18. The summed E-state index contributed by atoms with van der Waals surface area (Å²) in [6, 6.07) is 13.0. The lowest BCUT2D eigenvalue weighted by atomic mass is 10.1. The summed E-state index contributed by atoms with van der Waals surface area (Å²) in [5, 5.41) is 20.6. The van der Waals surface area contributed by atoms with E-state index >= 15 is 0 Å². The van der Waals surface area contributed by atoms with E-state index in [-0.39, 0.29) is 18.0 Å². The van der Waals surface area contributed by atoms with Crippen molar-refractivity contribution in [2.24, 2.45) is 0 Å². The minimum Gasteiger partial charge on any atom is -0.508 e. The van der Waals surface area contributed by atoms with Crippen LogP contribution in [0, 0.1) is 10.1 Å². The van der Waals surface area contributed by atoms with Crippen molar-refractivity contribution in [2.75, 3.05) is 6.54 Å². The van der Waals surface area contributed by atoms with Crippen molar-refractivity contribution in [2.45, 2.75) is 39.3 Å². The summed E-state index contributed by atoms with van der Waals surface area (Å²) < 4.78 is 5.47. The van der Waals surface area contributed by atoms with Gasteiger partial charge in [0.2, 0.25) is 0 Å². The third kappa shape index (κ3) is 6.62. The number of phenolic OH excluding ortho intramolecular Hbond substituents is 1. The molecule has 0 saturated carbocycles. The van der Waals surface area contributed by atoms with E-state index in [1.54, 1.807) is 51.1 Å². The van der Waals surface area contributed by atoms with Crippen LogP contribution in [0.1, 0.15) is 31.9 Å². The molecule has 2 aromatic rings. The van der Waals surface area contributed by atoms with Gasteiger partial charge in [-0.3, -0.25) is 10.1 Å². The highest BCUT2D eigenvalue weighted by Gasteiger charge is 2.22. The van der Waals surface area contributed by atoms with E-state index in [1.807, 2.05) is 6.07 Å². The minimum absolute atomic E-state index is 0.0235. The molecule has 7 nitrogen and oxygen atoms in total. The maximum atomic E-state index is 12.6. The first kappa shape index (κ1) is 20.2. The maximum Gasteiger partial charge on any atom is 0.410 e. The van der Waals surface area contributed by atoms with Gasteiger partial charge in [0.1, 0.15) is 11.4 Å². The molecule has 0 spiro atoms. The number of phenols is 1. The Labute approximate surface area is 158 Å². The van der Waals surface area contributed by atoms with Crippen LogP contribution in [0.5, 0.6) is 5.75 Å². The van der Waals surface area contributed by atoms with Gasteiger partial charge in [-0.15, -0.1) is 0 Å². The highest BCUT2D eigenvalue weighted by atomic mass is 16.6. The zero-order valence-electron chi connectivity index (χ0n) is 15.7. The second-order valence-corrected chi connectivity index (χ2v) is 7.25. The van der Waals surface area contributed by atoms with E-state index in [2.05, 4.69) is 0 Å². The highest BCUT2D eigenvalue weighted by molar-refractivity contribution is 5.68. The zero-order valence-corrected chi connectivity index (χ0v) is 15.7. The van der Waals surface area contributed by atoms with E-state index < -0.39 is 16.6 Å². The number of non-ortho nitro benzene ring substituents is 1. The molecule has 27 heavy (non-hydrogen) atoms. The standard InChI is InChI=1S/C20H24N2O5/c1-20(2,3)27-19(24)21(11-10-15-6-5-9-18(23)13-15)14-16-7-4-8-17(12-16)22(25)26/h4-9,12-13,23H,10-11,14H2,1-3H3. The largest absolute Gasteiger partial charge is 0.508 e. The molecule has 7 heteroatoms. The molecule has 144 valence electrons. The van der Waals surface area contributed by atoms with Gasteiger partial charge in [-0.25, -0.2) is 4.79 Å². The van der Waals surface area contributed by atoms with Crippen LogP contribution in [-0.2, 0) is 17.7 Å². The second-order valence-electron chi connectivity index (χ2n) is 7.25. The lowest BCUT2D eigenvalue weighted by Crippen LogP contribution is -2.37. The zero-order chi connectivity index (χ0) is 20.0. The molecule has 0 aromatic heterocycles. The average molecular weight is 372 g/mol. The first-order chi connectivity index (χ1) is 12.6. The number of carbonyl (C=O) groups is 1. The predicted octanol–water partition coefficient (Wildman–Crippen LogP) is 4.28. The molecule has 2 aromatic carbocycles. The molecule has 0 aliphatic carbocycles. The van der Waals surface area contributed by atoms with E-state index in [4.69, 9.17) is 4.74 Å². The molecule has 0 fully saturated rings. The monoisotopic (exact) mass is 372 g/mol. The Kier molecular flexibility index (Phi) is 6.39. The van der Waals surface area contributed by atoms with Crippen LogP contribution < -0.4 is 0 Å². The number of aromatic hydroxyl groups is 1. The van der Waals surface area contributed by atoms with Crippen LogP contribution in [0.3, 0.4) is 0 Å². The van der Waals surface area contributed by atoms with Crippen molar-refractivity contribution >= 4 is 11.8 Å². The van der Waals surface area contributed by atoms with Crippen LogP contribution in [0.25, 0.3) is 0 Å². The van der Waals surface area contributed by atoms with Crippen LogP contribution in [0.2, 0.25) is 0 Å². The average Bonchev–Trinajstić information content (AvgIpc) is 2.57. The quantitative estimate of drug-likeness (QED) is 0.603. The molecule has 0 aliphatic heterocycles. The smallest absolute Gasteiger partial charge is 0.410 e. The van der Waals surface area contributed by atoms with Gasteiger partial charge in [-0.2, -0.15) is 0 Å². The van der Waals surface area contributed by atoms with E-state index in [9.17, 15) is 20.0 Å². The number of ether oxygens (including phenoxy) is 1. The summed E-state index contributed by atoms with van der Waals surface area (Å²) in [6.07, 6.45) is 0.0249. The fourth-order valence-electron chi connectivity index (χ4n) is 2.53. The third-order valence-electron chi connectivity index (χ3n) is 3.73. The fourth-order valence-corrected chi connectivity index (χ4v) is 2.53. The summed E-state index contributed by atoms with van der Waals surface area (Å²) in [6.45, 7) is 5.89. The number of rotatable bonds is 6. The molecule has 0 atom stereocenters. The second kappa shape index (κ2) is 8.53. The van der Waals surface area contributed by atoms with Crippen LogP contribution >= 0.6 is 0 Å². The number of nitrogens with zero attached hydrogens (tertiary/aromatic N) is 2. The molecule has 1 amide bonds. The van der Waals surface area contributed by atoms with Crippen molar-refractivity contribution in [1.82, 2.24) is 4.90 Å². The Bertz CT molecular complexity index is 814. The number of nitro benzene ring substituents is 1. The molecule has 0 unspecified atom stereocenters. The van der Waals surface area contributed by atoms with Gasteiger partial charge in [0.05, 0.1) is 4.92 Å². The Hall–Kier alpha value is -3.09. The molecular weight excluding hydrogens is 348 g/mol. The van der Waals surface area contributed by atoms with Crippen molar-refractivity contribution < 1.29 is 19.6 Å². The number of nitro groups is 1. The minimum atomic E-state index is -0.650. The van der Waals surface area contributed by atoms with Crippen LogP contribution in [0.4, 0.5) is 10.5 Å². The van der Waals surface area contributed by atoms with Gasteiger partial charge in [0.15, 0.2) is 0 Å². The third-order valence-corrected chi connectivity index (χ3v) is 3.73. The summed E-state index contributed by atoms with van der Waals surface area (Å²) in [5.74, 6) is 0.162. The van der Waals surface area contributed by atoms with Gasteiger partial charge >= 0.3 is 6.09 Å². The number of hydrogen-bond donors (Lipinski definition) is 1. The summed E-state index contributed by atoms with van der Waals surface area (Å²) >= 11 is 0. The van der Waals surface area contributed by atoms with Crippen molar-refractivity contribution in [3.63, 3.8) is 0 Å². The molecule has 0 saturated heterocycles. The maximum absolute atomic E-state index is 12.6. The fraction of sp³-hybridized carbons (Fsp3) is 0.350. The van der Waals surface area contributed by atoms with Crippen molar-refractivity contribution in [3.05, 3.63) is 69.8 Å². The van der Waals surface area contributed by atoms with E-state index in [0.717, 1.165) is 5.56 Å². The Morgan fingerprint density at radius 2 is 1.81 bits per heavy atom. The SMILES string of the molecule is CC(C)(C)OC(=O)N(CCc1cccc(O)c1)Cc1cccc([N+](=O)[O-])c1. The van der Waals surface area contributed by atoms with Gasteiger partial charge in [0.25, 0.3) is 5.69 Å². The summed E-state index contributed by atoms with van der Waals surface area (Å²) in [5.41, 5.74) is 0.849. The first-order valence-electron chi connectivity index (χ1n) is 8.63. The van der Waals surface area contributed by atoms with Gasteiger partial charge in [-0.1, -0.05) is 24.3 Å². The lowest BCUT2D eigenvalue weighted by molar-refractivity contribution is -0.384.